The zero-order valence-corrected chi connectivity index (χ0v) is 14.2. The number of nitrogens with zero attached hydrogens (tertiary/aromatic N) is 3. The quantitative estimate of drug-likeness (QED) is 0.825. The van der Waals surface area contributed by atoms with E-state index in [9.17, 15) is 22.8 Å². The molecule has 2 aliphatic rings. The molecule has 0 saturated carbocycles. The van der Waals surface area contributed by atoms with Gasteiger partial charge in [0.2, 0.25) is 5.91 Å². The van der Waals surface area contributed by atoms with E-state index >= 15 is 0 Å². The van der Waals surface area contributed by atoms with Crippen molar-refractivity contribution in [3.8, 4) is 0 Å². The number of hydrogen-bond acceptors (Lipinski definition) is 3. The van der Waals surface area contributed by atoms with Gasteiger partial charge in [0.25, 0.3) is 5.91 Å². The number of hydrogen-bond donors (Lipinski definition) is 0. The van der Waals surface area contributed by atoms with Crippen molar-refractivity contribution in [1.29, 1.82) is 0 Å². The number of hydrazone groups is 1. The van der Waals surface area contributed by atoms with Crippen molar-refractivity contribution < 1.29 is 22.8 Å². The smallest absolute Gasteiger partial charge is 0.337 e. The zero-order chi connectivity index (χ0) is 18.7. The van der Waals surface area contributed by atoms with Gasteiger partial charge in [0, 0.05) is 25.9 Å². The molecule has 0 aliphatic carbocycles. The molecule has 0 aromatic heterocycles. The molecule has 0 unspecified atom stereocenters. The molecule has 0 bridgehead atoms. The number of benzene rings is 1. The van der Waals surface area contributed by atoms with Crippen molar-refractivity contribution in [3.63, 3.8) is 0 Å². The molecule has 3 rings (SSSR count). The van der Waals surface area contributed by atoms with Crippen LogP contribution in [0.25, 0.3) is 0 Å². The van der Waals surface area contributed by atoms with Crippen LogP contribution in [-0.4, -0.2) is 46.7 Å². The molecule has 0 N–H and O–H groups in total. The Balaban J connectivity index is 1.72. The number of carbonyl (C=O) groups is 2. The molecule has 140 valence electrons. The van der Waals surface area contributed by atoms with E-state index in [0.717, 1.165) is 5.56 Å². The first-order valence-corrected chi connectivity index (χ1v) is 8.62. The van der Waals surface area contributed by atoms with Crippen molar-refractivity contribution in [3.05, 3.63) is 35.9 Å². The number of piperidine rings is 1. The van der Waals surface area contributed by atoms with E-state index in [4.69, 9.17) is 0 Å². The van der Waals surface area contributed by atoms with Crippen LogP contribution in [0.1, 0.15) is 31.2 Å². The van der Waals surface area contributed by atoms with Gasteiger partial charge >= 0.3 is 6.18 Å². The first-order chi connectivity index (χ1) is 12.3. The fraction of sp³-hybridized carbons (Fsp3) is 0.500. The highest BCUT2D eigenvalue weighted by molar-refractivity contribution is 6.39. The maximum absolute atomic E-state index is 13.0. The fourth-order valence-corrected chi connectivity index (χ4v) is 3.25. The Morgan fingerprint density at radius 3 is 2.62 bits per heavy atom. The predicted octanol–water partition coefficient (Wildman–Crippen LogP) is 2.97. The second-order valence-corrected chi connectivity index (χ2v) is 6.62. The maximum Gasteiger partial charge on any atom is 0.393 e. The van der Waals surface area contributed by atoms with E-state index in [0.29, 0.717) is 6.42 Å². The third-order valence-corrected chi connectivity index (χ3v) is 4.70. The van der Waals surface area contributed by atoms with Gasteiger partial charge in [-0.3, -0.25) is 9.59 Å². The molecule has 5 nitrogen and oxygen atoms in total. The first-order valence-electron chi connectivity index (χ1n) is 8.62. The summed E-state index contributed by atoms with van der Waals surface area (Å²) in [7, 11) is 0. The molecule has 2 heterocycles. The van der Waals surface area contributed by atoms with Gasteiger partial charge in [0.05, 0.1) is 12.5 Å². The molecule has 1 aromatic carbocycles. The molecule has 0 radical (unpaired) electrons. The highest BCUT2D eigenvalue weighted by atomic mass is 19.4. The number of rotatable bonds is 3. The summed E-state index contributed by atoms with van der Waals surface area (Å²) in [6.45, 7) is 0.187. The van der Waals surface area contributed by atoms with Gasteiger partial charge in [-0.2, -0.15) is 18.3 Å². The maximum atomic E-state index is 13.0. The number of carbonyl (C=O) groups excluding carboxylic acids is 2. The lowest BCUT2D eigenvalue weighted by atomic mass is 9.97. The summed E-state index contributed by atoms with van der Waals surface area (Å²) in [6, 6.07) is 9.22. The zero-order valence-electron chi connectivity index (χ0n) is 14.2. The van der Waals surface area contributed by atoms with Crippen LogP contribution in [0.5, 0.6) is 0 Å². The summed E-state index contributed by atoms with van der Waals surface area (Å²) in [6.07, 6.45) is -3.65. The summed E-state index contributed by atoms with van der Waals surface area (Å²) in [5.74, 6) is -2.19. The lowest BCUT2D eigenvalue weighted by molar-refractivity contribution is -0.187. The molecule has 1 saturated heterocycles. The summed E-state index contributed by atoms with van der Waals surface area (Å²) in [4.78, 5) is 25.9. The predicted molar refractivity (Wildman–Crippen MR) is 89.0 cm³/mol. The largest absolute Gasteiger partial charge is 0.393 e. The van der Waals surface area contributed by atoms with Gasteiger partial charge in [-0.1, -0.05) is 30.3 Å². The van der Waals surface area contributed by atoms with Crippen LogP contribution in [0, 0.1) is 5.92 Å². The van der Waals surface area contributed by atoms with Crippen molar-refractivity contribution in [1.82, 2.24) is 9.91 Å². The lowest BCUT2D eigenvalue weighted by Crippen LogP contribution is -2.48. The number of halogens is 3. The lowest BCUT2D eigenvalue weighted by Gasteiger charge is -2.34. The summed E-state index contributed by atoms with van der Waals surface area (Å²) in [5.41, 5.74) is 1.02. The van der Waals surface area contributed by atoms with Crippen molar-refractivity contribution >= 4 is 17.5 Å². The average Bonchev–Trinajstić information content (AvgIpc) is 2.63. The van der Waals surface area contributed by atoms with Gasteiger partial charge in [-0.15, -0.1) is 0 Å². The van der Waals surface area contributed by atoms with Gasteiger partial charge in [-0.05, 0) is 18.4 Å². The minimum absolute atomic E-state index is 0.0401. The Labute approximate surface area is 149 Å². The van der Waals surface area contributed by atoms with Gasteiger partial charge in [-0.25, -0.2) is 5.01 Å². The minimum atomic E-state index is -4.30. The highest BCUT2D eigenvalue weighted by Crippen LogP contribution is 2.33. The molecule has 1 fully saturated rings. The van der Waals surface area contributed by atoms with Crippen LogP contribution in [0.15, 0.2) is 35.4 Å². The SMILES string of the molecule is O=C(C1=NN(Cc2ccccc2)C(=O)CC1)N1CCC[C@H](C(F)(F)F)C1. The van der Waals surface area contributed by atoms with Crippen molar-refractivity contribution in [2.24, 2.45) is 11.0 Å². The van der Waals surface area contributed by atoms with Crippen LogP contribution in [0.4, 0.5) is 13.2 Å². The van der Waals surface area contributed by atoms with Crippen LogP contribution in [0.2, 0.25) is 0 Å². The Bertz CT molecular complexity index is 703. The third kappa shape index (κ3) is 4.23. The van der Waals surface area contributed by atoms with Gasteiger partial charge in [0.15, 0.2) is 0 Å². The molecule has 2 aliphatic heterocycles. The van der Waals surface area contributed by atoms with Crippen LogP contribution >= 0.6 is 0 Å². The summed E-state index contributed by atoms with van der Waals surface area (Å²) < 4.78 is 38.9. The van der Waals surface area contributed by atoms with Crippen molar-refractivity contribution in [2.45, 2.75) is 38.4 Å². The molecule has 2 amide bonds. The van der Waals surface area contributed by atoms with E-state index in [1.54, 1.807) is 0 Å². The first kappa shape index (κ1) is 18.4. The minimum Gasteiger partial charge on any atom is -0.337 e. The molecule has 26 heavy (non-hydrogen) atoms. The Morgan fingerprint density at radius 2 is 1.92 bits per heavy atom. The van der Waals surface area contributed by atoms with Gasteiger partial charge < -0.3 is 4.90 Å². The summed E-state index contributed by atoms with van der Waals surface area (Å²) >= 11 is 0. The molecule has 0 spiro atoms. The summed E-state index contributed by atoms with van der Waals surface area (Å²) in [5, 5.41) is 5.38. The monoisotopic (exact) mass is 367 g/mol. The Hall–Kier alpha value is -2.38. The van der Waals surface area contributed by atoms with E-state index in [-0.39, 0.29) is 50.5 Å². The average molecular weight is 367 g/mol. The standard InChI is InChI=1S/C18H20F3N3O2/c19-18(20,21)14-7-4-10-23(12-14)17(26)15-8-9-16(25)24(22-15)11-13-5-2-1-3-6-13/h1-3,5-6,14H,4,7-12H2/t14-/m0/s1. The van der Waals surface area contributed by atoms with E-state index in [1.165, 1.54) is 9.91 Å². The second kappa shape index (κ2) is 7.47. The van der Waals surface area contributed by atoms with E-state index < -0.39 is 18.0 Å². The van der Waals surface area contributed by atoms with Crippen LogP contribution < -0.4 is 0 Å². The topological polar surface area (TPSA) is 53.0 Å². The van der Waals surface area contributed by atoms with Crippen molar-refractivity contribution in [2.75, 3.05) is 13.1 Å². The Kier molecular flexibility index (Phi) is 5.29. The van der Waals surface area contributed by atoms with E-state index in [1.807, 2.05) is 30.3 Å². The van der Waals surface area contributed by atoms with Gasteiger partial charge in [0.1, 0.15) is 5.71 Å². The Morgan fingerprint density at radius 1 is 1.19 bits per heavy atom. The van der Waals surface area contributed by atoms with Crippen LogP contribution in [-0.2, 0) is 16.1 Å². The molecule has 8 heteroatoms. The molecule has 1 atom stereocenters. The second-order valence-electron chi connectivity index (χ2n) is 6.62. The molecular formula is C18H20F3N3O2. The fourth-order valence-electron chi connectivity index (χ4n) is 3.25. The number of amides is 2. The highest BCUT2D eigenvalue weighted by Gasteiger charge is 2.43. The third-order valence-electron chi connectivity index (χ3n) is 4.70. The number of alkyl halides is 3. The normalized spacial score (nSPS) is 21.6. The van der Waals surface area contributed by atoms with E-state index in [2.05, 4.69) is 5.10 Å². The molecular weight excluding hydrogens is 347 g/mol. The van der Waals surface area contributed by atoms with Crippen LogP contribution in [0.3, 0.4) is 0 Å². The molecule has 1 aromatic rings. The number of likely N-dealkylation sites (tertiary alicyclic amines) is 1.